The fourth-order valence-corrected chi connectivity index (χ4v) is 5.49. The maximum atomic E-state index is 11.8. The van der Waals surface area contributed by atoms with Gasteiger partial charge in [-0.1, -0.05) is 6.58 Å². The second kappa shape index (κ2) is 4.82. The van der Waals surface area contributed by atoms with Crippen LogP contribution in [0.5, 0.6) is 0 Å². The zero-order chi connectivity index (χ0) is 15.4. The monoisotopic (exact) mass is 306 g/mol. The van der Waals surface area contributed by atoms with Gasteiger partial charge in [0.1, 0.15) is 5.60 Å². The van der Waals surface area contributed by atoms with Crippen molar-refractivity contribution in [2.45, 2.75) is 62.3 Å². The second-order valence-electron chi connectivity index (χ2n) is 7.51. The topological polar surface area (TPSA) is 61.8 Å². The lowest BCUT2D eigenvalue weighted by Crippen LogP contribution is -2.62. The summed E-state index contributed by atoms with van der Waals surface area (Å²) in [5.41, 5.74) is -0.739. The smallest absolute Gasteiger partial charge is 0.335 e. The fraction of sp³-hybridized carbons (Fsp3) is 0.765. The van der Waals surface area contributed by atoms with Crippen molar-refractivity contribution in [3.63, 3.8) is 0 Å². The second-order valence-corrected chi connectivity index (χ2v) is 7.51. The Hall–Kier alpha value is -1.36. The van der Waals surface area contributed by atoms with Gasteiger partial charge in [-0.05, 0) is 43.9 Å². The van der Waals surface area contributed by atoms with Gasteiger partial charge in [0.2, 0.25) is 0 Å². The fourth-order valence-electron chi connectivity index (χ4n) is 5.49. The lowest BCUT2D eigenvalue weighted by atomic mass is 9.52. The van der Waals surface area contributed by atoms with Gasteiger partial charge in [-0.25, -0.2) is 9.59 Å². The molecule has 0 aromatic rings. The number of carbonyl (C=O) groups is 2. The van der Waals surface area contributed by atoms with E-state index in [1.165, 1.54) is 12.5 Å². The van der Waals surface area contributed by atoms with Gasteiger partial charge in [-0.3, -0.25) is 0 Å². The molecule has 5 rings (SSSR count). The Morgan fingerprint density at radius 3 is 2.50 bits per heavy atom. The van der Waals surface area contributed by atoms with Gasteiger partial charge in [0.25, 0.3) is 0 Å². The van der Waals surface area contributed by atoms with E-state index in [2.05, 4.69) is 6.58 Å². The quantitative estimate of drug-likeness (QED) is 0.588. The first kappa shape index (κ1) is 14.2. The summed E-state index contributed by atoms with van der Waals surface area (Å²) in [5.74, 6) is 0.456. The van der Waals surface area contributed by atoms with Gasteiger partial charge >= 0.3 is 11.9 Å². The largest absolute Gasteiger partial charge is 0.464 e. The molecule has 5 nitrogen and oxygen atoms in total. The van der Waals surface area contributed by atoms with Gasteiger partial charge in [-0.2, -0.15) is 0 Å². The van der Waals surface area contributed by atoms with Gasteiger partial charge in [0.15, 0.2) is 6.10 Å². The molecule has 0 amide bonds. The minimum atomic E-state index is -0.441. The Morgan fingerprint density at radius 2 is 1.91 bits per heavy atom. The zero-order valence-corrected chi connectivity index (χ0v) is 12.7. The van der Waals surface area contributed by atoms with Crippen LogP contribution in [0.25, 0.3) is 0 Å². The molecule has 5 aliphatic rings. The molecule has 5 fully saturated rings. The number of hydrogen-bond acceptors (Lipinski definition) is 5. The number of hydrogen-bond donors (Lipinski definition) is 0. The van der Waals surface area contributed by atoms with Crippen molar-refractivity contribution in [2.75, 3.05) is 6.61 Å². The molecule has 120 valence electrons. The predicted molar refractivity (Wildman–Crippen MR) is 76.9 cm³/mol. The van der Waals surface area contributed by atoms with E-state index in [0.717, 1.165) is 25.7 Å². The first-order chi connectivity index (χ1) is 10.5. The Kier molecular flexibility index (Phi) is 3.12. The lowest BCUT2D eigenvalue weighted by Gasteiger charge is -2.60. The summed E-state index contributed by atoms with van der Waals surface area (Å²) in [5, 5.41) is 0. The minimum Gasteiger partial charge on any atom is -0.464 e. The van der Waals surface area contributed by atoms with Crippen LogP contribution in [0.1, 0.15) is 44.9 Å². The van der Waals surface area contributed by atoms with Crippen LogP contribution in [0, 0.1) is 11.8 Å². The highest BCUT2D eigenvalue weighted by Crippen LogP contribution is 2.60. The predicted octanol–water partition coefficient (Wildman–Crippen LogP) is 2.14. The van der Waals surface area contributed by atoms with E-state index in [9.17, 15) is 9.59 Å². The van der Waals surface area contributed by atoms with Gasteiger partial charge in [0, 0.05) is 18.9 Å². The van der Waals surface area contributed by atoms with Crippen LogP contribution in [0.15, 0.2) is 12.7 Å². The van der Waals surface area contributed by atoms with Crippen molar-refractivity contribution < 1.29 is 23.8 Å². The molecule has 0 aromatic carbocycles. The van der Waals surface area contributed by atoms with Crippen molar-refractivity contribution in [2.24, 2.45) is 11.8 Å². The highest BCUT2D eigenvalue weighted by atomic mass is 16.6. The number of esters is 2. The van der Waals surface area contributed by atoms with Gasteiger partial charge in [0.05, 0.1) is 12.2 Å². The molecule has 1 heterocycles. The molecule has 3 atom stereocenters. The third-order valence-corrected chi connectivity index (χ3v) is 5.72. The Balaban J connectivity index is 1.57. The third kappa shape index (κ3) is 2.26. The molecule has 1 saturated heterocycles. The summed E-state index contributed by atoms with van der Waals surface area (Å²) < 4.78 is 17.1. The normalized spacial score (nSPS) is 45.6. The van der Waals surface area contributed by atoms with Gasteiger partial charge < -0.3 is 14.2 Å². The maximum Gasteiger partial charge on any atom is 0.335 e. The molecule has 0 N–H and O–H groups in total. The highest BCUT2D eigenvalue weighted by molar-refractivity contribution is 5.81. The van der Waals surface area contributed by atoms with Crippen LogP contribution in [-0.4, -0.2) is 35.9 Å². The number of ether oxygens (including phenoxy) is 3. The van der Waals surface area contributed by atoms with Crippen LogP contribution >= 0.6 is 0 Å². The average Bonchev–Trinajstić information content (AvgIpc) is 2.81. The molecule has 0 radical (unpaired) electrons. The average molecular weight is 306 g/mol. The van der Waals surface area contributed by atoms with Crippen molar-refractivity contribution in [3.05, 3.63) is 12.7 Å². The highest BCUT2D eigenvalue weighted by Gasteiger charge is 2.61. The Bertz CT molecular complexity index is 511. The molecule has 1 aliphatic heterocycles. The Morgan fingerprint density at radius 1 is 1.23 bits per heavy atom. The molecule has 0 spiro atoms. The summed E-state index contributed by atoms with van der Waals surface area (Å²) in [6.07, 6.45) is 7.11. The molecular formula is C17H22O5. The molecule has 0 aromatic heterocycles. The molecular weight excluding hydrogens is 284 g/mol. The summed E-state index contributed by atoms with van der Waals surface area (Å²) in [4.78, 5) is 23.5. The first-order valence-corrected chi connectivity index (χ1v) is 8.21. The van der Waals surface area contributed by atoms with E-state index in [1.54, 1.807) is 0 Å². The summed E-state index contributed by atoms with van der Waals surface area (Å²) in [6.45, 7) is 3.95. The molecule has 22 heavy (non-hydrogen) atoms. The van der Waals surface area contributed by atoms with E-state index in [4.69, 9.17) is 14.2 Å². The van der Waals surface area contributed by atoms with Crippen molar-refractivity contribution in [3.8, 4) is 0 Å². The van der Waals surface area contributed by atoms with Crippen LogP contribution in [0.3, 0.4) is 0 Å². The number of rotatable bonds is 4. The Labute approximate surface area is 130 Å². The van der Waals surface area contributed by atoms with Crippen LogP contribution < -0.4 is 0 Å². The summed E-state index contributed by atoms with van der Waals surface area (Å²) >= 11 is 0. The molecule has 3 unspecified atom stereocenters. The van der Waals surface area contributed by atoms with Crippen molar-refractivity contribution in [1.82, 2.24) is 0 Å². The first-order valence-electron chi connectivity index (χ1n) is 8.21. The molecule has 4 saturated carbocycles. The minimum absolute atomic E-state index is 0.243. The third-order valence-electron chi connectivity index (χ3n) is 5.72. The van der Waals surface area contributed by atoms with E-state index in [1.807, 2.05) is 0 Å². The van der Waals surface area contributed by atoms with Crippen LogP contribution in [-0.2, 0) is 23.8 Å². The molecule has 4 aliphatic carbocycles. The van der Waals surface area contributed by atoms with E-state index in [0.29, 0.717) is 31.3 Å². The standard InChI is InChI=1S/C17H22O5/c1-2-14(18)22-17-8-11-5-12(9-17)7-16(6-11,10-17)21-13-3-4-20-15(13)19/h2,11-13H,1,3-10H2. The van der Waals surface area contributed by atoms with E-state index < -0.39 is 11.7 Å². The maximum absolute atomic E-state index is 11.8. The summed E-state index contributed by atoms with van der Waals surface area (Å²) in [6, 6.07) is 0. The number of cyclic esters (lactones) is 1. The molecule has 4 bridgehead atoms. The lowest BCUT2D eigenvalue weighted by molar-refractivity contribution is -0.242. The zero-order valence-electron chi connectivity index (χ0n) is 12.7. The van der Waals surface area contributed by atoms with Crippen molar-refractivity contribution >= 4 is 11.9 Å². The van der Waals surface area contributed by atoms with Crippen LogP contribution in [0.2, 0.25) is 0 Å². The molecule has 5 heteroatoms. The van der Waals surface area contributed by atoms with E-state index >= 15 is 0 Å². The van der Waals surface area contributed by atoms with Gasteiger partial charge in [-0.15, -0.1) is 0 Å². The number of carbonyl (C=O) groups excluding carboxylic acids is 2. The summed E-state index contributed by atoms with van der Waals surface area (Å²) in [7, 11) is 0. The van der Waals surface area contributed by atoms with Crippen LogP contribution in [0.4, 0.5) is 0 Å². The van der Waals surface area contributed by atoms with Crippen molar-refractivity contribution in [1.29, 1.82) is 0 Å². The van der Waals surface area contributed by atoms with E-state index in [-0.39, 0.29) is 17.5 Å². The SMILES string of the molecule is C=CC(=O)OC12CC3CC(C1)CC(OC1CCOC1=O)(C3)C2.